The zero-order valence-corrected chi connectivity index (χ0v) is 22.3. The van der Waals surface area contributed by atoms with Crippen molar-refractivity contribution in [3.63, 3.8) is 0 Å². The Balaban J connectivity index is 1.37. The molecule has 0 bridgehead atoms. The molecule has 1 aliphatic heterocycles. The molecule has 0 aromatic carbocycles. The second kappa shape index (κ2) is 15.3. The fraction of sp³-hybridized carbons (Fsp3) is 0.778. The summed E-state index contributed by atoms with van der Waals surface area (Å²) in [6, 6.07) is 1.40. The number of aliphatic hydroxyl groups excluding tert-OH is 3. The number of aliphatic hydroxyl groups is 3. The molecule has 3 rings (SSSR count). The lowest BCUT2D eigenvalue weighted by molar-refractivity contribution is -0.150. The van der Waals surface area contributed by atoms with Gasteiger partial charge in [0.05, 0.1) is 19.1 Å². The van der Waals surface area contributed by atoms with E-state index in [-0.39, 0.29) is 29.5 Å². The Kier molecular flexibility index (Phi) is 12.2. The molecule has 1 amide bonds. The van der Waals surface area contributed by atoms with Crippen molar-refractivity contribution >= 4 is 17.7 Å². The van der Waals surface area contributed by atoms with Crippen LogP contribution in [0.3, 0.4) is 0 Å². The Bertz CT molecular complexity index is 946. The highest BCUT2D eigenvalue weighted by molar-refractivity contribution is 5.91. The lowest BCUT2D eigenvalue weighted by Crippen LogP contribution is -2.36. The number of unbranched alkanes of at least 4 members (excludes halogenated alkanes) is 7. The van der Waals surface area contributed by atoms with Crippen molar-refractivity contribution < 1.29 is 34.4 Å². The molecule has 214 valence electrons. The van der Waals surface area contributed by atoms with Gasteiger partial charge in [-0.3, -0.25) is 14.2 Å². The Morgan fingerprint density at radius 2 is 1.66 bits per heavy atom. The Morgan fingerprint density at radius 1 is 1.03 bits per heavy atom. The normalized spacial score (nSPS) is 27.3. The first-order chi connectivity index (χ1) is 18.3. The van der Waals surface area contributed by atoms with Gasteiger partial charge in [-0.05, 0) is 38.2 Å². The fourth-order valence-corrected chi connectivity index (χ4v) is 5.13. The summed E-state index contributed by atoms with van der Waals surface area (Å²) in [6.45, 7) is 2.15. The highest BCUT2D eigenvalue weighted by atomic mass is 16.6. The minimum atomic E-state index is -1.41. The first kappa shape index (κ1) is 30.2. The van der Waals surface area contributed by atoms with Crippen LogP contribution in [0.25, 0.3) is 0 Å². The van der Waals surface area contributed by atoms with E-state index in [1.807, 2.05) is 0 Å². The van der Waals surface area contributed by atoms with Crippen LogP contribution in [0.1, 0.15) is 90.2 Å². The standard InChI is InChI=1S/C27H43N3O8/c1-2-3-4-5-6-7-8-9-16-37-26(35)19-12-10-18(11-13-19)24(34)28-21-14-15-30(27(36)29-21)25-23(33)22(32)20(17-31)38-25/h14-15,18-20,22-23,25,31-33H,2-13,16-17H2,1H3,(H,28,29,34,36)/t18?,19?,20-,22-,23+,25-/m1/s1. The molecule has 11 heteroatoms. The SMILES string of the molecule is CCCCCCCCCCOC(=O)C1CCC(C(=O)Nc2ccn([C@@H]3O[C@H](CO)[C@@H](O)[C@@H]3O)c(=O)n2)CC1. The number of amides is 1. The van der Waals surface area contributed by atoms with Crippen molar-refractivity contribution in [2.75, 3.05) is 18.5 Å². The molecule has 0 radical (unpaired) electrons. The van der Waals surface area contributed by atoms with Crippen molar-refractivity contribution in [1.29, 1.82) is 0 Å². The number of nitrogens with one attached hydrogen (secondary N) is 1. The van der Waals surface area contributed by atoms with Gasteiger partial charge >= 0.3 is 11.7 Å². The molecule has 1 saturated carbocycles. The minimum absolute atomic E-state index is 0.0647. The fourth-order valence-electron chi connectivity index (χ4n) is 5.13. The van der Waals surface area contributed by atoms with E-state index in [0.717, 1.165) is 17.4 Å². The molecule has 1 saturated heterocycles. The molecule has 38 heavy (non-hydrogen) atoms. The number of ether oxygens (including phenoxy) is 2. The summed E-state index contributed by atoms with van der Waals surface area (Å²) in [5.41, 5.74) is -0.777. The van der Waals surface area contributed by atoms with E-state index in [1.54, 1.807) is 0 Å². The Labute approximate surface area is 223 Å². The third-order valence-electron chi connectivity index (χ3n) is 7.55. The van der Waals surface area contributed by atoms with Crippen LogP contribution in [-0.2, 0) is 19.1 Å². The van der Waals surface area contributed by atoms with E-state index in [9.17, 15) is 29.7 Å². The largest absolute Gasteiger partial charge is 0.465 e. The van der Waals surface area contributed by atoms with Crippen LogP contribution in [0.2, 0.25) is 0 Å². The van der Waals surface area contributed by atoms with Gasteiger partial charge in [0.25, 0.3) is 0 Å². The van der Waals surface area contributed by atoms with Crippen molar-refractivity contribution in [2.45, 2.75) is 109 Å². The number of aromatic nitrogens is 2. The maximum absolute atomic E-state index is 12.7. The van der Waals surface area contributed by atoms with Crippen LogP contribution in [0, 0.1) is 11.8 Å². The number of carbonyl (C=O) groups excluding carboxylic acids is 2. The predicted molar refractivity (Wildman–Crippen MR) is 139 cm³/mol. The minimum Gasteiger partial charge on any atom is -0.465 e. The highest BCUT2D eigenvalue weighted by Gasteiger charge is 2.43. The molecule has 2 fully saturated rings. The molecule has 1 aliphatic carbocycles. The van der Waals surface area contributed by atoms with Crippen LogP contribution < -0.4 is 11.0 Å². The van der Waals surface area contributed by atoms with Crippen LogP contribution >= 0.6 is 0 Å². The molecule has 2 heterocycles. The molecule has 0 spiro atoms. The van der Waals surface area contributed by atoms with Crippen molar-refractivity contribution in [3.05, 3.63) is 22.7 Å². The van der Waals surface area contributed by atoms with E-state index in [4.69, 9.17) is 9.47 Å². The Hall–Kier alpha value is -2.34. The number of rotatable bonds is 14. The van der Waals surface area contributed by atoms with Crippen molar-refractivity contribution in [1.82, 2.24) is 9.55 Å². The van der Waals surface area contributed by atoms with Crippen LogP contribution in [0.4, 0.5) is 5.82 Å². The lowest BCUT2D eigenvalue weighted by Gasteiger charge is -2.26. The van der Waals surface area contributed by atoms with Crippen LogP contribution in [0.15, 0.2) is 17.1 Å². The second-order valence-electron chi connectivity index (χ2n) is 10.4. The van der Waals surface area contributed by atoms with Gasteiger partial charge in [0.1, 0.15) is 24.1 Å². The van der Waals surface area contributed by atoms with Gasteiger partial charge in [-0.15, -0.1) is 0 Å². The summed E-state index contributed by atoms with van der Waals surface area (Å²) >= 11 is 0. The van der Waals surface area contributed by atoms with Gasteiger partial charge < -0.3 is 30.1 Å². The van der Waals surface area contributed by atoms with Gasteiger partial charge in [-0.1, -0.05) is 51.9 Å². The molecule has 1 aromatic rings. The topological polar surface area (TPSA) is 160 Å². The van der Waals surface area contributed by atoms with E-state index < -0.39 is 36.8 Å². The lowest BCUT2D eigenvalue weighted by atomic mass is 9.81. The molecule has 4 atom stereocenters. The third kappa shape index (κ3) is 8.33. The number of esters is 1. The maximum atomic E-state index is 12.7. The first-order valence-corrected chi connectivity index (χ1v) is 14.0. The average Bonchev–Trinajstić information content (AvgIpc) is 3.20. The molecule has 2 aliphatic rings. The molecule has 4 N–H and O–H groups in total. The second-order valence-corrected chi connectivity index (χ2v) is 10.4. The van der Waals surface area contributed by atoms with E-state index in [0.29, 0.717) is 32.3 Å². The monoisotopic (exact) mass is 537 g/mol. The summed E-state index contributed by atoms with van der Waals surface area (Å²) in [4.78, 5) is 41.4. The highest BCUT2D eigenvalue weighted by Crippen LogP contribution is 2.31. The molecule has 11 nitrogen and oxygen atoms in total. The molecule has 1 aromatic heterocycles. The smallest absolute Gasteiger partial charge is 0.351 e. The van der Waals surface area contributed by atoms with Crippen molar-refractivity contribution in [3.8, 4) is 0 Å². The summed E-state index contributed by atoms with van der Waals surface area (Å²) in [5, 5.41) is 31.9. The summed E-state index contributed by atoms with van der Waals surface area (Å²) in [5.74, 6) is -0.868. The molecular formula is C27H43N3O8. The number of anilines is 1. The summed E-state index contributed by atoms with van der Waals surface area (Å²) in [7, 11) is 0. The summed E-state index contributed by atoms with van der Waals surface area (Å²) < 4.78 is 11.8. The Morgan fingerprint density at radius 3 is 2.26 bits per heavy atom. The zero-order chi connectivity index (χ0) is 27.5. The van der Waals surface area contributed by atoms with Gasteiger partial charge in [0.15, 0.2) is 6.23 Å². The quantitative estimate of drug-likeness (QED) is 0.206. The predicted octanol–water partition coefficient (Wildman–Crippen LogP) is 2.28. The number of carbonyl (C=O) groups is 2. The van der Waals surface area contributed by atoms with Gasteiger partial charge in [0, 0.05) is 12.1 Å². The van der Waals surface area contributed by atoms with Gasteiger partial charge in [0.2, 0.25) is 5.91 Å². The zero-order valence-electron chi connectivity index (χ0n) is 22.3. The summed E-state index contributed by atoms with van der Waals surface area (Å²) in [6.07, 6.45) is 8.09. The van der Waals surface area contributed by atoms with Crippen LogP contribution in [0.5, 0.6) is 0 Å². The van der Waals surface area contributed by atoms with Gasteiger partial charge in [-0.25, -0.2) is 4.79 Å². The number of hydrogen-bond acceptors (Lipinski definition) is 9. The first-order valence-electron chi connectivity index (χ1n) is 14.0. The average molecular weight is 538 g/mol. The maximum Gasteiger partial charge on any atom is 0.351 e. The van der Waals surface area contributed by atoms with Crippen LogP contribution in [-0.4, -0.2) is 68.3 Å². The third-order valence-corrected chi connectivity index (χ3v) is 7.55. The number of hydrogen-bond donors (Lipinski definition) is 4. The van der Waals surface area contributed by atoms with Gasteiger partial charge in [-0.2, -0.15) is 4.98 Å². The van der Waals surface area contributed by atoms with Crippen molar-refractivity contribution in [2.24, 2.45) is 11.8 Å². The van der Waals surface area contributed by atoms with E-state index >= 15 is 0 Å². The van der Waals surface area contributed by atoms with E-state index in [2.05, 4.69) is 17.2 Å². The molecular weight excluding hydrogens is 494 g/mol. The van der Waals surface area contributed by atoms with E-state index in [1.165, 1.54) is 50.8 Å². The molecule has 0 unspecified atom stereocenters. The number of nitrogens with zero attached hydrogens (tertiary/aromatic N) is 2.